The molecule has 6 aliphatic rings. The minimum atomic E-state index is -1.16. The van der Waals surface area contributed by atoms with E-state index in [2.05, 4.69) is 46.0 Å². The highest BCUT2D eigenvalue weighted by Gasteiger charge is 2.59. The highest BCUT2D eigenvalue weighted by Crippen LogP contribution is 2.67. The van der Waals surface area contributed by atoms with Gasteiger partial charge in [0.2, 0.25) is 5.43 Å². The van der Waals surface area contributed by atoms with Crippen LogP contribution >= 0.6 is 0 Å². The summed E-state index contributed by atoms with van der Waals surface area (Å²) in [5.74, 6) is -0.804. The Morgan fingerprint density at radius 3 is 2.31 bits per heavy atom. The third-order valence-electron chi connectivity index (χ3n) is 18.2. The predicted molar refractivity (Wildman–Crippen MR) is 280 cm³/mol. The number of carboxylic acid groups (broad SMARTS) is 1. The second-order valence-corrected chi connectivity index (χ2v) is 23.4. The van der Waals surface area contributed by atoms with E-state index in [1.165, 1.54) is 62.7 Å². The van der Waals surface area contributed by atoms with Crippen LogP contribution in [-0.2, 0) is 23.9 Å². The third kappa shape index (κ3) is 11.6. The summed E-state index contributed by atoms with van der Waals surface area (Å²) in [6, 6.07) is 7.36. The van der Waals surface area contributed by atoms with Gasteiger partial charge >= 0.3 is 11.9 Å². The fraction of sp³-hybridized carbons (Fsp3) is 0.574. The zero-order valence-electron chi connectivity index (χ0n) is 44.1. The molecular weight excluding hydrogens is 945 g/mol. The van der Waals surface area contributed by atoms with Crippen molar-refractivity contribution in [1.29, 1.82) is 0 Å². The first-order valence-electron chi connectivity index (χ1n) is 27.3. The highest BCUT2D eigenvalue weighted by molar-refractivity contribution is 6.04. The molecule has 3 N–H and O–H groups in total. The lowest BCUT2D eigenvalue weighted by Gasteiger charge is -2.58. The molecule has 0 spiro atoms. The second kappa shape index (κ2) is 22.6. The highest BCUT2D eigenvalue weighted by atomic mass is 19.1. The first kappa shape index (κ1) is 54.5. The fourth-order valence-electron chi connectivity index (χ4n) is 14.3. The summed E-state index contributed by atoms with van der Waals surface area (Å²) in [6.07, 6.45) is 15.7. The number of aliphatic carboxylic acids is 1. The molecule has 13 heteroatoms. The van der Waals surface area contributed by atoms with Crippen molar-refractivity contribution in [2.24, 2.45) is 46.3 Å². The van der Waals surface area contributed by atoms with E-state index < -0.39 is 52.9 Å². The minimum absolute atomic E-state index is 0.00944. The van der Waals surface area contributed by atoms with Gasteiger partial charge < -0.3 is 24.7 Å². The maximum absolute atomic E-state index is 14.7. The number of hydrogen-bond donors (Lipinski definition) is 3. The monoisotopic (exact) mass is 1020 g/mol. The van der Waals surface area contributed by atoms with Crippen molar-refractivity contribution in [3.05, 3.63) is 87.1 Å². The van der Waals surface area contributed by atoms with Crippen molar-refractivity contribution >= 4 is 40.4 Å². The average Bonchev–Trinajstić information content (AvgIpc) is 3.71. The number of amides is 1. The summed E-state index contributed by atoms with van der Waals surface area (Å²) in [4.78, 5) is 76.9. The topological polar surface area (TPSA) is 177 Å². The maximum atomic E-state index is 14.7. The number of ketones is 2. The Hall–Kier alpha value is -5.72. The molecule has 1 heterocycles. The number of aromatic hydroxyl groups is 1. The number of phenolic OH excluding ortho intramolecular Hbond substituents is 1. The number of fused-ring (bicyclic) bond motifs is 7. The number of esters is 1. The van der Waals surface area contributed by atoms with E-state index in [9.17, 15) is 47.8 Å². The zero-order valence-corrected chi connectivity index (χ0v) is 44.1. The van der Waals surface area contributed by atoms with Gasteiger partial charge in [-0.2, -0.15) is 0 Å². The number of ether oxygens (including phenoxy) is 1. The SMILES string of the molecule is Cc1cc(C(=O)N[C@@H](CCC(=O)O)C(=O)CCCC(=O)CCCC(=O)O[C@H]2CCC3(C)C(=CC[C@H]4C3CCC3(C)C([C@H](C)CCCC(C)C)CC[C@@H]43)C2)ccc1-c1c2cc(F)c(=O)cc-2oc2cc(O)c(F)cc12. The first-order chi connectivity index (χ1) is 35.2. The Bertz CT molecular complexity index is 2850. The summed E-state index contributed by atoms with van der Waals surface area (Å²) in [7, 11) is 0. The quantitative estimate of drug-likeness (QED) is 0.0413. The van der Waals surface area contributed by atoms with Gasteiger partial charge in [-0.3, -0.25) is 28.8 Å². The first-order valence-corrected chi connectivity index (χ1v) is 27.3. The summed E-state index contributed by atoms with van der Waals surface area (Å²) >= 11 is 0. The van der Waals surface area contributed by atoms with E-state index >= 15 is 0 Å². The van der Waals surface area contributed by atoms with Crippen LogP contribution < -0.4 is 10.7 Å². The second-order valence-electron chi connectivity index (χ2n) is 23.4. The molecule has 4 unspecified atom stereocenters. The van der Waals surface area contributed by atoms with Gasteiger partial charge in [0.1, 0.15) is 23.2 Å². The average molecular weight is 1020 g/mol. The van der Waals surface area contributed by atoms with E-state index in [-0.39, 0.29) is 95.2 Å². The number of hydrogen-bond acceptors (Lipinski definition) is 9. The van der Waals surface area contributed by atoms with E-state index in [0.29, 0.717) is 28.9 Å². The Labute approximate surface area is 433 Å². The van der Waals surface area contributed by atoms with Crippen molar-refractivity contribution in [3.8, 4) is 28.2 Å². The molecule has 11 nitrogen and oxygen atoms in total. The number of phenols is 1. The number of carbonyl (C=O) groups is 5. The van der Waals surface area contributed by atoms with Gasteiger partial charge in [-0.05, 0) is 153 Å². The van der Waals surface area contributed by atoms with E-state index in [0.717, 1.165) is 79.5 Å². The normalized spacial score (nSPS) is 25.1. The number of rotatable bonds is 21. The maximum Gasteiger partial charge on any atom is 0.306 e. The van der Waals surface area contributed by atoms with Gasteiger partial charge in [0.25, 0.3) is 5.91 Å². The smallest absolute Gasteiger partial charge is 0.306 e. The van der Waals surface area contributed by atoms with Crippen LogP contribution in [0, 0.1) is 64.9 Å². The Morgan fingerprint density at radius 2 is 1.58 bits per heavy atom. The van der Waals surface area contributed by atoms with E-state index in [1.807, 2.05) is 0 Å². The number of Topliss-reactive ketones (excluding diaryl/α,β-unsaturated/α-hetero) is 2. The molecule has 3 fully saturated rings. The van der Waals surface area contributed by atoms with Crippen LogP contribution in [0.5, 0.6) is 5.75 Å². The molecule has 398 valence electrons. The molecule has 2 aromatic rings. The van der Waals surface area contributed by atoms with E-state index in [1.54, 1.807) is 13.0 Å². The molecular formula is C61H75F2NO10. The lowest BCUT2D eigenvalue weighted by atomic mass is 9.47. The number of benzene rings is 3. The van der Waals surface area contributed by atoms with Gasteiger partial charge in [-0.25, -0.2) is 8.78 Å². The molecule has 0 radical (unpaired) electrons. The standard InChI is InChI=1S/C61H75F2NO10/c1-34(2)10-7-11-35(3)45-20-21-46-42-19-17-38-29-40(24-26-60(38,5)47(42)25-27-61(45,46)6)73-57(71)15-9-13-39(65)12-8-14-51(66)50(22-23-56(69)70)64-59(72)37-16-18-41(36(4)28-37)58-43-30-48(62)52(67)32-54(43)74-55-33-53(68)49(63)31-44(55)58/h16-18,28,30-35,40,42,45-47,50,67H,7-15,19-27,29H2,1-6H3,(H,64,72)(H,69,70)/t35-,40+,42-,45?,46+,47?,50+,60?,61?/m1/s1. The van der Waals surface area contributed by atoms with Gasteiger partial charge in [0.05, 0.1) is 6.04 Å². The Balaban J connectivity index is 0.801. The molecule has 1 aliphatic heterocycles. The van der Waals surface area contributed by atoms with Crippen LogP contribution in [0.25, 0.3) is 33.4 Å². The molecule has 74 heavy (non-hydrogen) atoms. The lowest BCUT2D eigenvalue weighted by molar-refractivity contribution is -0.151. The van der Waals surface area contributed by atoms with Gasteiger partial charge in [0, 0.05) is 72.7 Å². The molecule has 5 aliphatic carbocycles. The molecule has 1 amide bonds. The van der Waals surface area contributed by atoms with Crippen LogP contribution in [-0.4, -0.2) is 51.8 Å². The molecule has 0 bridgehead atoms. The van der Waals surface area contributed by atoms with Crippen LogP contribution in [0.1, 0.15) is 173 Å². The van der Waals surface area contributed by atoms with Crippen molar-refractivity contribution < 1.29 is 52.1 Å². The largest absolute Gasteiger partial charge is 0.505 e. The van der Waals surface area contributed by atoms with Crippen molar-refractivity contribution in [2.45, 2.75) is 176 Å². The van der Waals surface area contributed by atoms with Crippen molar-refractivity contribution in [3.63, 3.8) is 0 Å². The number of carboxylic acids is 1. The predicted octanol–water partition coefficient (Wildman–Crippen LogP) is 13.3. The zero-order chi connectivity index (χ0) is 53.2. The van der Waals surface area contributed by atoms with Gasteiger partial charge in [-0.15, -0.1) is 0 Å². The van der Waals surface area contributed by atoms with Crippen molar-refractivity contribution in [2.75, 3.05) is 0 Å². The number of halogens is 2. The summed E-state index contributed by atoms with van der Waals surface area (Å²) in [5.41, 5.74) is 2.62. The van der Waals surface area contributed by atoms with Gasteiger partial charge in [0.15, 0.2) is 23.2 Å². The molecule has 8 rings (SSSR count). The fourth-order valence-corrected chi connectivity index (χ4v) is 14.3. The van der Waals surface area contributed by atoms with Crippen molar-refractivity contribution in [1.82, 2.24) is 5.32 Å². The lowest BCUT2D eigenvalue weighted by Crippen LogP contribution is -2.51. The summed E-state index contributed by atoms with van der Waals surface area (Å²) < 4.78 is 41.1. The van der Waals surface area contributed by atoms with Crippen LogP contribution in [0.4, 0.5) is 8.78 Å². The minimum Gasteiger partial charge on any atom is -0.505 e. The summed E-state index contributed by atoms with van der Waals surface area (Å²) in [6.45, 7) is 14.0. The van der Waals surface area contributed by atoms with Crippen LogP contribution in [0.3, 0.4) is 0 Å². The Kier molecular flexibility index (Phi) is 16.7. The molecule has 0 aromatic heterocycles. The number of allylic oxidation sites excluding steroid dienone is 1. The Morgan fingerprint density at radius 1 is 0.824 bits per heavy atom. The number of carbonyl (C=O) groups excluding carboxylic acids is 4. The molecule has 9 atom stereocenters. The third-order valence-corrected chi connectivity index (χ3v) is 18.2. The van der Waals surface area contributed by atoms with Crippen LogP contribution in [0.2, 0.25) is 0 Å². The molecule has 3 saturated carbocycles. The van der Waals surface area contributed by atoms with E-state index in [4.69, 9.17) is 9.15 Å². The van der Waals surface area contributed by atoms with Gasteiger partial charge in [-0.1, -0.05) is 71.6 Å². The molecule has 0 saturated heterocycles. The van der Waals surface area contributed by atoms with Crippen LogP contribution in [0.15, 0.2) is 63.3 Å². The number of nitrogens with one attached hydrogen (secondary N) is 1. The molecule has 2 aromatic carbocycles. The number of aryl methyl sites for hydroxylation is 1. The summed E-state index contributed by atoms with van der Waals surface area (Å²) in [5, 5.41) is 22.3.